The van der Waals surface area contributed by atoms with E-state index in [1.165, 1.54) is 5.56 Å². The van der Waals surface area contributed by atoms with Crippen LogP contribution in [0.4, 0.5) is 0 Å². The van der Waals surface area contributed by atoms with Crippen LogP contribution in [0.15, 0.2) is 134 Å². The zero-order valence-electron chi connectivity index (χ0n) is 29.8. The number of rotatable bonds is 4. The number of hydrogen-bond acceptors (Lipinski definition) is 0. The van der Waals surface area contributed by atoms with Gasteiger partial charge in [-0.25, -0.2) is 13.7 Å². The van der Waals surface area contributed by atoms with Gasteiger partial charge in [-0.15, -0.1) is 44.2 Å². The van der Waals surface area contributed by atoms with Gasteiger partial charge in [-0.05, 0) is 51.5 Å². The summed E-state index contributed by atoms with van der Waals surface area (Å²) in [5.41, 5.74) is 12.8. The van der Waals surface area contributed by atoms with E-state index in [0.717, 1.165) is 88.7 Å². The molecule has 1 aromatic carbocycles. The molecule has 8 aromatic rings. The summed E-state index contributed by atoms with van der Waals surface area (Å²) in [7, 11) is 6.08. The van der Waals surface area contributed by atoms with Gasteiger partial charge in [-0.2, -0.15) is 0 Å². The molecule has 7 nitrogen and oxygen atoms in total. The second-order valence-corrected chi connectivity index (χ2v) is 13.6. The fourth-order valence-corrected chi connectivity index (χ4v) is 6.88. The summed E-state index contributed by atoms with van der Waals surface area (Å²) in [6.45, 7) is 2.11. The monoisotopic (exact) mass is 871 g/mol. The molecule has 0 amide bonds. The third kappa shape index (κ3) is 6.62. The predicted octanol–water partition coefficient (Wildman–Crippen LogP) is 2.09. The van der Waals surface area contributed by atoms with Gasteiger partial charge >= 0.3 is 0 Å². The molecule has 1 aliphatic heterocycles. The summed E-state index contributed by atoms with van der Waals surface area (Å²) < 4.78 is 6.12. The molecule has 8 heteroatoms. The maximum Gasteiger partial charge on any atom is 0.169 e. The molecule has 0 unspecified atom stereocenters. The molecule has 1 radical (unpaired) electrons. The first-order chi connectivity index (χ1) is 25.3. The predicted molar refractivity (Wildman–Crippen MR) is 200 cm³/mol. The number of fused-ring (bicyclic) bond motifs is 8. The molecule has 0 atom stereocenters. The van der Waals surface area contributed by atoms with Crippen molar-refractivity contribution in [3.05, 3.63) is 195 Å². The van der Waals surface area contributed by atoms with Gasteiger partial charge in [0.1, 0.15) is 21.1 Å². The zero-order chi connectivity index (χ0) is 35.3. The molecule has 53 heavy (non-hydrogen) atoms. The van der Waals surface area contributed by atoms with E-state index in [0.29, 0.717) is 0 Å². The van der Waals surface area contributed by atoms with Crippen molar-refractivity contribution in [1.29, 1.82) is 0 Å². The molecular formula is C45H36AuN7-. The van der Waals surface area contributed by atoms with Crippen molar-refractivity contribution in [3.8, 4) is 22.3 Å². The van der Waals surface area contributed by atoms with E-state index in [1.54, 1.807) is 0 Å². The molecular weight excluding hydrogens is 836 g/mol. The molecule has 7 aromatic heterocycles. The largest absolute Gasteiger partial charge is 0.657 e. The van der Waals surface area contributed by atoms with Crippen LogP contribution in [0, 0.1) is 6.92 Å². The Morgan fingerprint density at radius 3 is 1.70 bits per heavy atom. The first-order valence-electron chi connectivity index (χ1n) is 17.4. The smallest absolute Gasteiger partial charge is 0.169 e. The molecule has 0 aliphatic carbocycles. The van der Waals surface area contributed by atoms with Gasteiger partial charge in [0.2, 0.25) is 0 Å². The van der Waals surface area contributed by atoms with Crippen molar-refractivity contribution in [2.45, 2.75) is 6.92 Å². The Morgan fingerprint density at radius 2 is 1.04 bits per heavy atom. The second kappa shape index (κ2) is 13.9. The molecule has 0 fully saturated rings. The van der Waals surface area contributed by atoms with Crippen molar-refractivity contribution in [3.63, 3.8) is 0 Å². The summed E-state index contributed by atoms with van der Waals surface area (Å²) in [5.74, 6) is 0. The van der Waals surface area contributed by atoms with Gasteiger partial charge in [-0.1, -0.05) is 78.4 Å². The molecule has 8 heterocycles. The SMILES string of the molecule is Cc1ccc(/C2=c3\cc(-c4cc[n+](C)cc4)/c([n-]3)=C/c3ccc([n-]3)/C(c3cc[n+](C)cc3)=c3/cc/c([n-]3)=C/c3[n-]c2cc3-c2cc[n+](C)cc2)cc1.[Au]. The summed E-state index contributed by atoms with van der Waals surface area (Å²) in [4.78, 5) is 21.1. The first kappa shape index (κ1) is 34.1. The van der Waals surface area contributed by atoms with Crippen LogP contribution in [0.25, 0.3) is 45.6 Å². The number of aryl methyl sites for hydroxylation is 4. The van der Waals surface area contributed by atoms with Gasteiger partial charge in [0.05, 0.1) is 0 Å². The van der Waals surface area contributed by atoms with Crippen molar-refractivity contribution in [2.24, 2.45) is 21.1 Å². The van der Waals surface area contributed by atoms with Crippen molar-refractivity contribution < 1.29 is 36.1 Å². The van der Waals surface area contributed by atoms with Crippen LogP contribution < -0.4 is 55.0 Å². The van der Waals surface area contributed by atoms with Gasteiger partial charge in [0, 0.05) is 58.8 Å². The summed E-state index contributed by atoms with van der Waals surface area (Å²) in [6.07, 6.45) is 16.6. The summed E-state index contributed by atoms with van der Waals surface area (Å²) >= 11 is 0. The van der Waals surface area contributed by atoms with E-state index in [1.807, 2.05) is 34.8 Å². The minimum atomic E-state index is 0. The Hall–Kier alpha value is -5.99. The van der Waals surface area contributed by atoms with E-state index >= 15 is 0 Å². The van der Waals surface area contributed by atoms with Gasteiger partial charge in [0.15, 0.2) is 37.2 Å². The number of aromatic nitrogens is 7. The number of nitrogens with zero attached hydrogens (tertiary/aromatic N) is 7. The Bertz CT molecular complexity index is 2850. The zero-order valence-corrected chi connectivity index (χ0v) is 32.0. The minimum Gasteiger partial charge on any atom is -0.657 e. The molecule has 0 spiro atoms. The van der Waals surface area contributed by atoms with E-state index < -0.39 is 0 Å². The van der Waals surface area contributed by atoms with Crippen LogP contribution in [0.5, 0.6) is 0 Å². The Labute approximate surface area is 323 Å². The standard InChI is InChI=1S/C45H36N7.Au/c1-29-5-7-32(8-6-29)45-42-27-36(30-13-19-50(2)20-14-30)40(48-42)25-34-9-11-38(46-34)44(33-17-23-52(4)24-18-33)39-12-10-35(47-39)26-41-37(28-43(45)49-41)31-15-21-51(3)22-16-31;/h5-28H,1-4H3;/q-1;/b34-25-,41-26-;. The average molecular weight is 872 g/mol. The van der Waals surface area contributed by atoms with Crippen LogP contribution in [-0.4, -0.2) is 0 Å². The molecule has 0 N–H and O–H groups in total. The number of benzene rings is 1. The molecule has 0 saturated heterocycles. The number of pyridine rings is 3. The fourth-order valence-electron chi connectivity index (χ4n) is 6.88. The summed E-state index contributed by atoms with van der Waals surface area (Å²) in [5, 5.41) is 3.39. The van der Waals surface area contributed by atoms with Crippen LogP contribution in [0.3, 0.4) is 0 Å². The molecule has 0 saturated carbocycles. The van der Waals surface area contributed by atoms with E-state index in [4.69, 9.17) is 19.9 Å². The van der Waals surface area contributed by atoms with Crippen molar-refractivity contribution in [2.75, 3.05) is 0 Å². The third-order valence-corrected chi connectivity index (χ3v) is 9.70. The van der Waals surface area contributed by atoms with E-state index in [9.17, 15) is 0 Å². The Kier molecular flexibility index (Phi) is 8.92. The molecule has 8 bridgehead atoms. The van der Waals surface area contributed by atoms with Crippen molar-refractivity contribution in [1.82, 2.24) is 19.9 Å². The maximum absolute atomic E-state index is 5.38. The maximum atomic E-state index is 5.38. The van der Waals surface area contributed by atoms with Crippen LogP contribution in [0.1, 0.15) is 39.5 Å². The molecule has 9 rings (SSSR count). The topological polar surface area (TPSA) is 68.0 Å². The third-order valence-electron chi connectivity index (χ3n) is 9.70. The Morgan fingerprint density at radius 1 is 0.453 bits per heavy atom. The quantitative estimate of drug-likeness (QED) is 0.201. The molecule has 263 valence electrons. The average Bonchev–Trinajstić information content (AvgIpc) is 3.96. The number of hydrogen-bond donors (Lipinski definition) is 0. The normalized spacial score (nSPS) is 15.5. The first-order valence-corrected chi connectivity index (χ1v) is 17.4. The minimum absolute atomic E-state index is 0. The summed E-state index contributed by atoms with van der Waals surface area (Å²) in [6, 6.07) is 34.1. The van der Waals surface area contributed by atoms with Crippen molar-refractivity contribution >= 4 is 23.3 Å². The van der Waals surface area contributed by atoms with Crippen LogP contribution in [0.2, 0.25) is 0 Å². The van der Waals surface area contributed by atoms with E-state index in [2.05, 4.69) is 153 Å². The van der Waals surface area contributed by atoms with Gasteiger partial charge in [0.25, 0.3) is 0 Å². The van der Waals surface area contributed by atoms with Crippen LogP contribution >= 0.6 is 0 Å². The van der Waals surface area contributed by atoms with Crippen LogP contribution in [-0.2, 0) is 43.5 Å². The fraction of sp³-hybridized carbons (Fsp3) is 0.0889. The van der Waals surface area contributed by atoms with Gasteiger partial charge < -0.3 is 19.9 Å². The Balaban J connectivity index is 0.00000400. The van der Waals surface area contributed by atoms with E-state index in [-0.39, 0.29) is 22.4 Å². The van der Waals surface area contributed by atoms with Gasteiger partial charge in [-0.3, -0.25) is 0 Å². The second-order valence-electron chi connectivity index (χ2n) is 13.6. The molecule has 1 aliphatic rings.